The molecule has 2 saturated heterocycles. The van der Waals surface area contributed by atoms with Crippen molar-refractivity contribution < 1.29 is 9.59 Å². The number of rotatable bonds is 4. The third-order valence-electron chi connectivity index (χ3n) is 4.41. The van der Waals surface area contributed by atoms with Crippen LogP contribution in [0, 0.1) is 0 Å². The summed E-state index contributed by atoms with van der Waals surface area (Å²) in [6, 6.07) is 0. The summed E-state index contributed by atoms with van der Waals surface area (Å²) in [5, 5.41) is 7.35. The van der Waals surface area contributed by atoms with Crippen LogP contribution >= 0.6 is 12.4 Å². The lowest BCUT2D eigenvalue weighted by Gasteiger charge is -2.34. The molecule has 3 heterocycles. The maximum atomic E-state index is 12.3. The van der Waals surface area contributed by atoms with Crippen molar-refractivity contribution in [3.63, 3.8) is 0 Å². The zero-order chi connectivity index (χ0) is 16.2. The van der Waals surface area contributed by atoms with Gasteiger partial charge in [-0.25, -0.2) is 0 Å². The highest BCUT2D eigenvalue weighted by atomic mass is 35.5. The number of halogens is 1. The van der Waals surface area contributed by atoms with Crippen LogP contribution < -0.4 is 10.2 Å². The summed E-state index contributed by atoms with van der Waals surface area (Å²) in [6.07, 6.45) is 4.04. The van der Waals surface area contributed by atoms with Gasteiger partial charge in [0.1, 0.15) is 0 Å². The van der Waals surface area contributed by atoms with Gasteiger partial charge in [0.2, 0.25) is 11.8 Å². The summed E-state index contributed by atoms with van der Waals surface area (Å²) >= 11 is 0. The van der Waals surface area contributed by atoms with Crippen LogP contribution in [0.1, 0.15) is 6.42 Å². The maximum Gasteiger partial charge on any atom is 0.241 e. The predicted octanol–water partition coefficient (Wildman–Crippen LogP) is -0.688. The van der Waals surface area contributed by atoms with E-state index in [-0.39, 0.29) is 24.2 Å². The van der Waals surface area contributed by atoms with E-state index in [1.54, 1.807) is 15.8 Å². The smallest absolute Gasteiger partial charge is 0.241 e. The van der Waals surface area contributed by atoms with E-state index in [1.807, 2.05) is 18.1 Å². The Morgan fingerprint density at radius 1 is 1.25 bits per heavy atom. The summed E-state index contributed by atoms with van der Waals surface area (Å²) in [5.74, 6) is 0.257. The number of carbonyl (C=O) groups excluding carboxylic acids is 2. The van der Waals surface area contributed by atoms with Crippen LogP contribution in [0.5, 0.6) is 0 Å². The molecule has 2 aliphatic heterocycles. The van der Waals surface area contributed by atoms with Crippen molar-refractivity contribution in [1.29, 1.82) is 0 Å². The fourth-order valence-electron chi connectivity index (χ4n) is 3.06. The SMILES string of the molecule is Cl.Cn1cc(N2CCN(CCC(=O)N3CCNCC3)CC2=O)cn1. The van der Waals surface area contributed by atoms with Crippen molar-refractivity contribution in [2.75, 3.05) is 57.3 Å². The van der Waals surface area contributed by atoms with Crippen molar-refractivity contribution in [3.8, 4) is 0 Å². The molecule has 0 aliphatic carbocycles. The number of aryl methyl sites for hydroxylation is 1. The molecule has 134 valence electrons. The predicted molar refractivity (Wildman–Crippen MR) is 93.3 cm³/mol. The molecular weight excluding hydrogens is 332 g/mol. The van der Waals surface area contributed by atoms with Crippen molar-refractivity contribution in [2.45, 2.75) is 6.42 Å². The molecule has 0 spiro atoms. The molecule has 9 heteroatoms. The number of carbonyl (C=O) groups is 2. The van der Waals surface area contributed by atoms with Crippen LogP contribution in [0.25, 0.3) is 0 Å². The molecule has 0 bridgehead atoms. The molecule has 2 amide bonds. The lowest BCUT2D eigenvalue weighted by atomic mass is 10.2. The average Bonchev–Trinajstić information content (AvgIpc) is 2.99. The first-order valence-corrected chi connectivity index (χ1v) is 8.13. The Morgan fingerprint density at radius 3 is 2.62 bits per heavy atom. The van der Waals surface area contributed by atoms with Gasteiger partial charge in [0.15, 0.2) is 0 Å². The average molecular weight is 357 g/mol. The Hall–Kier alpha value is -1.64. The minimum Gasteiger partial charge on any atom is -0.340 e. The van der Waals surface area contributed by atoms with Crippen LogP contribution in [0.2, 0.25) is 0 Å². The number of hydrogen-bond acceptors (Lipinski definition) is 5. The number of nitrogens with one attached hydrogen (secondary N) is 1. The largest absolute Gasteiger partial charge is 0.340 e. The number of nitrogens with zero attached hydrogens (tertiary/aromatic N) is 5. The number of piperazine rings is 2. The number of anilines is 1. The van der Waals surface area contributed by atoms with Crippen LogP contribution in [0.15, 0.2) is 12.4 Å². The first-order chi connectivity index (χ1) is 11.1. The lowest BCUT2D eigenvalue weighted by Crippen LogP contribution is -2.51. The minimum absolute atomic E-state index is 0. The number of aromatic nitrogens is 2. The van der Waals surface area contributed by atoms with E-state index in [0.717, 1.165) is 38.4 Å². The molecule has 2 aliphatic rings. The van der Waals surface area contributed by atoms with E-state index in [2.05, 4.69) is 15.3 Å². The molecule has 3 rings (SSSR count). The van der Waals surface area contributed by atoms with Crippen molar-refractivity contribution in [2.24, 2.45) is 7.05 Å². The van der Waals surface area contributed by atoms with E-state index in [1.165, 1.54) is 0 Å². The van der Waals surface area contributed by atoms with Crippen LogP contribution in [-0.2, 0) is 16.6 Å². The molecule has 0 atom stereocenters. The summed E-state index contributed by atoms with van der Waals surface area (Å²) in [7, 11) is 1.84. The Kier molecular flexibility index (Phi) is 6.59. The van der Waals surface area contributed by atoms with Crippen molar-refractivity contribution in [3.05, 3.63) is 12.4 Å². The van der Waals surface area contributed by atoms with Crippen molar-refractivity contribution >= 4 is 29.9 Å². The molecule has 0 aromatic carbocycles. The summed E-state index contributed by atoms with van der Waals surface area (Å²) in [6.45, 7) is 5.75. The fraction of sp³-hybridized carbons (Fsp3) is 0.667. The molecule has 0 saturated carbocycles. The fourth-order valence-corrected chi connectivity index (χ4v) is 3.06. The topological polar surface area (TPSA) is 73.7 Å². The molecular formula is C15H25ClN6O2. The second-order valence-corrected chi connectivity index (χ2v) is 6.07. The lowest BCUT2D eigenvalue weighted by molar-refractivity contribution is -0.132. The van der Waals surface area contributed by atoms with E-state index in [4.69, 9.17) is 0 Å². The van der Waals surface area contributed by atoms with Gasteiger partial charge in [0.25, 0.3) is 0 Å². The molecule has 1 N–H and O–H groups in total. The monoisotopic (exact) mass is 356 g/mol. The molecule has 2 fully saturated rings. The summed E-state index contributed by atoms with van der Waals surface area (Å²) in [4.78, 5) is 30.2. The first kappa shape index (κ1) is 18.7. The Morgan fingerprint density at radius 2 is 2.00 bits per heavy atom. The quantitative estimate of drug-likeness (QED) is 0.773. The second kappa shape index (κ2) is 8.46. The van der Waals surface area contributed by atoms with Gasteiger partial charge < -0.3 is 15.1 Å². The van der Waals surface area contributed by atoms with Gasteiger partial charge in [-0.05, 0) is 0 Å². The van der Waals surface area contributed by atoms with Gasteiger partial charge in [-0.1, -0.05) is 0 Å². The highest BCUT2D eigenvalue weighted by molar-refractivity contribution is 5.95. The van der Waals surface area contributed by atoms with Gasteiger partial charge >= 0.3 is 0 Å². The second-order valence-electron chi connectivity index (χ2n) is 6.07. The highest BCUT2D eigenvalue weighted by Gasteiger charge is 2.26. The first-order valence-electron chi connectivity index (χ1n) is 8.13. The van der Waals surface area contributed by atoms with Gasteiger partial charge in [-0.15, -0.1) is 12.4 Å². The zero-order valence-corrected chi connectivity index (χ0v) is 14.8. The number of amides is 2. The van der Waals surface area contributed by atoms with E-state index in [9.17, 15) is 9.59 Å². The Labute approximate surface area is 148 Å². The normalized spacial score (nSPS) is 19.3. The Bertz CT molecular complexity index is 572. The minimum atomic E-state index is 0. The van der Waals surface area contributed by atoms with Crippen LogP contribution in [0.3, 0.4) is 0 Å². The highest BCUT2D eigenvalue weighted by Crippen LogP contribution is 2.16. The molecule has 1 aromatic heterocycles. The van der Waals surface area contributed by atoms with E-state index in [0.29, 0.717) is 26.1 Å². The van der Waals surface area contributed by atoms with Gasteiger partial charge in [-0.3, -0.25) is 19.2 Å². The molecule has 8 nitrogen and oxygen atoms in total. The standard InChI is InChI=1S/C15H24N6O2.ClH/c1-18-11-13(10-17-18)21-9-8-19(12-15(21)23)5-2-14(22)20-6-3-16-4-7-20;/h10-11,16H,2-9,12H2,1H3;1H. The third kappa shape index (κ3) is 4.46. The van der Waals surface area contributed by atoms with Gasteiger partial charge in [-0.2, -0.15) is 5.10 Å². The van der Waals surface area contributed by atoms with E-state index >= 15 is 0 Å². The van der Waals surface area contributed by atoms with E-state index < -0.39 is 0 Å². The Balaban J connectivity index is 0.00000208. The molecule has 0 radical (unpaired) electrons. The molecule has 24 heavy (non-hydrogen) atoms. The van der Waals surface area contributed by atoms with Crippen molar-refractivity contribution in [1.82, 2.24) is 24.9 Å². The zero-order valence-electron chi connectivity index (χ0n) is 14.0. The summed E-state index contributed by atoms with van der Waals surface area (Å²) in [5.41, 5.74) is 0.842. The summed E-state index contributed by atoms with van der Waals surface area (Å²) < 4.78 is 1.70. The van der Waals surface area contributed by atoms with Crippen LogP contribution in [-0.4, -0.2) is 83.8 Å². The molecule has 0 unspecified atom stereocenters. The van der Waals surface area contributed by atoms with Crippen LogP contribution in [0.4, 0.5) is 5.69 Å². The maximum absolute atomic E-state index is 12.3. The third-order valence-corrected chi connectivity index (χ3v) is 4.41. The molecule has 1 aromatic rings. The van der Waals surface area contributed by atoms with Gasteiger partial charge in [0.05, 0.1) is 18.4 Å². The van der Waals surface area contributed by atoms with Gasteiger partial charge in [0, 0.05) is 65.5 Å². The number of hydrogen-bond donors (Lipinski definition) is 1.